The van der Waals surface area contributed by atoms with Crippen LogP contribution >= 0.6 is 0 Å². The molecule has 0 saturated carbocycles. The summed E-state index contributed by atoms with van der Waals surface area (Å²) in [6.45, 7) is 2.52. The van der Waals surface area contributed by atoms with Crippen LogP contribution in [0.4, 0.5) is 0 Å². The summed E-state index contributed by atoms with van der Waals surface area (Å²) >= 11 is 0. The molecule has 0 saturated heterocycles. The molecular weight excluding hydrogens is 380 g/mol. The van der Waals surface area contributed by atoms with E-state index in [2.05, 4.69) is 15.5 Å². The van der Waals surface area contributed by atoms with Crippen molar-refractivity contribution in [2.75, 3.05) is 19.5 Å². The molecule has 1 atom stereocenters. The zero-order valence-electron chi connectivity index (χ0n) is 15.7. The van der Waals surface area contributed by atoms with Gasteiger partial charge in [0, 0.05) is 0 Å². The van der Waals surface area contributed by atoms with E-state index in [9.17, 15) is 8.42 Å². The molecule has 0 amide bonds. The Morgan fingerprint density at radius 3 is 2.46 bits per heavy atom. The van der Waals surface area contributed by atoms with Gasteiger partial charge < -0.3 is 9.47 Å². The number of tetrazole rings is 1. The van der Waals surface area contributed by atoms with Crippen LogP contribution in [0.5, 0.6) is 5.75 Å². The Kier molecular flexibility index (Phi) is 6.37. The van der Waals surface area contributed by atoms with Crippen LogP contribution in [0.25, 0.3) is 5.69 Å². The van der Waals surface area contributed by atoms with E-state index in [1.165, 1.54) is 4.68 Å². The van der Waals surface area contributed by atoms with E-state index in [1.807, 2.05) is 37.3 Å². The fourth-order valence-corrected chi connectivity index (χ4v) is 4.26. The average molecular weight is 402 g/mol. The minimum Gasteiger partial charge on any atom is -0.497 e. The van der Waals surface area contributed by atoms with Crippen molar-refractivity contribution in [2.45, 2.75) is 18.7 Å². The number of sulfone groups is 1. The van der Waals surface area contributed by atoms with Crippen LogP contribution in [0, 0.1) is 5.92 Å². The molecule has 3 rings (SSSR count). The first-order valence-electron chi connectivity index (χ1n) is 8.77. The topological polar surface area (TPSA) is 96.2 Å². The first kappa shape index (κ1) is 20.0. The summed E-state index contributed by atoms with van der Waals surface area (Å²) in [6.07, 6.45) is 0. The maximum Gasteiger partial charge on any atom is 0.272 e. The van der Waals surface area contributed by atoms with Gasteiger partial charge in [0.1, 0.15) is 5.75 Å². The van der Waals surface area contributed by atoms with Crippen molar-refractivity contribution in [1.29, 1.82) is 0 Å². The molecular formula is C19H22N4O4S. The predicted molar refractivity (Wildman–Crippen MR) is 103 cm³/mol. The number of aromatic nitrogens is 4. The lowest BCUT2D eigenvalue weighted by Gasteiger charge is -2.13. The van der Waals surface area contributed by atoms with Gasteiger partial charge in [-0.1, -0.05) is 42.4 Å². The Labute approximate surface area is 164 Å². The maximum atomic E-state index is 12.8. The van der Waals surface area contributed by atoms with Gasteiger partial charge >= 0.3 is 0 Å². The van der Waals surface area contributed by atoms with Crippen molar-refractivity contribution in [2.24, 2.45) is 5.92 Å². The summed E-state index contributed by atoms with van der Waals surface area (Å²) in [4.78, 5) is 0. The lowest BCUT2D eigenvalue weighted by atomic mass is 10.2. The zero-order valence-corrected chi connectivity index (χ0v) is 16.5. The van der Waals surface area contributed by atoms with Crippen LogP contribution < -0.4 is 4.74 Å². The smallest absolute Gasteiger partial charge is 0.272 e. The Morgan fingerprint density at radius 2 is 1.79 bits per heavy atom. The molecule has 0 fully saturated rings. The van der Waals surface area contributed by atoms with Crippen LogP contribution in [0.1, 0.15) is 12.5 Å². The third kappa shape index (κ3) is 4.93. The number of methoxy groups -OCH3 is 1. The van der Waals surface area contributed by atoms with Gasteiger partial charge in [-0.3, -0.25) is 0 Å². The van der Waals surface area contributed by atoms with Crippen molar-refractivity contribution >= 4 is 9.84 Å². The van der Waals surface area contributed by atoms with Crippen molar-refractivity contribution < 1.29 is 17.9 Å². The largest absolute Gasteiger partial charge is 0.497 e. The van der Waals surface area contributed by atoms with E-state index in [1.54, 1.807) is 31.4 Å². The second-order valence-electron chi connectivity index (χ2n) is 6.46. The van der Waals surface area contributed by atoms with Gasteiger partial charge in [-0.05, 0) is 46.2 Å². The number of benzene rings is 2. The van der Waals surface area contributed by atoms with Crippen LogP contribution in [0.15, 0.2) is 59.8 Å². The number of hydrogen-bond acceptors (Lipinski definition) is 7. The second kappa shape index (κ2) is 8.94. The monoisotopic (exact) mass is 402 g/mol. The van der Waals surface area contributed by atoms with Gasteiger partial charge in [-0.2, -0.15) is 4.68 Å². The van der Waals surface area contributed by atoms with E-state index < -0.39 is 9.84 Å². The number of para-hydroxylation sites is 1. The highest BCUT2D eigenvalue weighted by atomic mass is 32.2. The number of hydrogen-bond donors (Lipinski definition) is 0. The molecule has 2 aromatic carbocycles. The fourth-order valence-electron chi connectivity index (χ4n) is 2.70. The molecule has 148 valence electrons. The molecule has 0 aliphatic rings. The minimum atomic E-state index is -3.67. The molecule has 0 aliphatic heterocycles. The fraction of sp³-hybridized carbons (Fsp3) is 0.316. The van der Waals surface area contributed by atoms with Crippen LogP contribution in [-0.2, 0) is 21.2 Å². The molecule has 3 aromatic rings. The molecule has 1 aromatic heterocycles. The first-order valence-corrected chi connectivity index (χ1v) is 10.4. The Balaban J connectivity index is 1.59. The first-order chi connectivity index (χ1) is 13.5. The minimum absolute atomic E-state index is 0.108. The molecule has 0 bridgehead atoms. The third-order valence-electron chi connectivity index (χ3n) is 4.05. The molecule has 0 aliphatic carbocycles. The normalized spacial score (nSPS) is 12.6. The van der Waals surface area contributed by atoms with E-state index in [0.717, 1.165) is 11.3 Å². The molecule has 0 unspecified atom stereocenters. The quantitative estimate of drug-likeness (QED) is 0.542. The van der Waals surface area contributed by atoms with Crippen LogP contribution in [-0.4, -0.2) is 48.1 Å². The summed E-state index contributed by atoms with van der Waals surface area (Å²) in [6, 6.07) is 16.5. The lowest BCUT2D eigenvalue weighted by Crippen LogP contribution is -2.21. The van der Waals surface area contributed by atoms with E-state index in [4.69, 9.17) is 9.47 Å². The third-order valence-corrected chi connectivity index (χ3v) is 5.87. The lowest BCUT2D eigenvalue weighted by molar-refractivity contribution is 0.0977. The highest BCUT2D eigenvalue weighted by Gasteiger charge is 2.26. The summed E-state index contributed by atoms with van der Waals surface area (Å²) < 4.78 is 37.6. The predicted octanol–water partition coefficient (Wildman–Crippen LogP) is 2.30. The van der Waals surface area contributed by atoms with Gasteiger partial charge in [-0.25, -0.2) is 8.42 Å². The Morgan fingerprint density at radius 1 is 1.07 bits per heavy atom. The van der Waals surface area contributed by atoms with E-state index in [0.29, 0.717) is 18.9 Å². The van der Waals surface area contributed by atoms with Gasteiger partial charge in [0.2, 0.25) is 9.84 Å². The van der Waals surface area contributed by atoms with E-state index >= 15 is 0 Å². The van der Waals surface area contributed by atoms with Gasteiger partial charge in [0.25, 0.3) is 5.16 Å². The molecule has 28 heavy (non-hydrogen) atoms. The van der Waals surface area contributed by atoms with Crippen LogP contribution in [0.2, 0.25) is 0 Å². The van der Waals surface area contributed by atoms with Crippen molar-refractivity contribution in [3.8, 4) is 11.4 Å². The summed E-state index contributed by atoms with van der Waals surface area (Å²) in [5.74, 6) is 0.451. The second-order valence-corrected chi connectivity index (χ2v) is 8.39. The summed E-state index contributed by atoms with van der Waals surface area (Å²) in [5.41, 5.74) is 1.58. The van der Waals surface area contributed by atoms with E-state index in [-0.39, 0.29) is 16.8 Å². The van der Waals surface area contributed by atoms with Crippen molar-refractivity contribution in [3.05, 3.63) is 60.2 Å². The zero-order chi connectivity index (χ0) is 20.0. The van der Waals surface area contributed by atoms with Crippen molar-refractivity contribution in [3.63, 3.8) is 0 Å². The van der Waals surface area contributed by atoms with Gasteiger partial charge in [0.15, 0.2) is 0 Å². The van der Waals surface area contributed by atoms with Crippen LogP contribution in [0.3, 0.4) is 0 Å². The Bertz CT molecular complexity index is 988. The average Bonchev–Trinajstić information content (AvgIpc) is 3.20. The standard InChI is InChI=1S/C19H22N4O4S/c1-15(12-27-13-16-8-10-18(26-2)11-9-16)14-28(24,25)19-20-21-22-23(19)17-6-4-3-5-7-17/h3-11,15H,12-14H2,1-2H3/t15-/m1/s1. The van der Waals surface area contributed by atoms with Gasteiger partial charge in [0.05, 0.1) is 31.8 Å². The highest BCUT2D eigenvalue weighted by molar-refractivity contribution is 7.91. The van der Waals surface area contributed by atoms with Crippen molar-refractivity contribution in [1.82, 2.24) is 20.2 Å². The molecule has 1 heterocycles. The maximum absolute atomic E-state index is 12.8. The number of ether oxygens (including phenoxy) is 2. The SMILES string of the molecule is COc1ccc(COC[C@@H](C)CS(=O)(=O)c2nnnn2-c2ccccc2)cc1. The Hall–Kier alpha value is -2.78. The summed E-state index contributed by atoms with van der Waals surface area (Å²) in [5, 5.41) is 10.9. The number of rotatable bonds is 9. The summed E-state index contributed by atoms with van der Waals surface area (Å²) in [7, 11) is -2.06. The molecule has 0 spiro atoms. The highest BCUT2D eigenvalue weighted by Crippen LogP contribution is 2.16. The van der Waals surface area contributed by atoms with Gasteiger partial charge in [-0.15, -0.1) is 0 Å². The molecule has 0 N–H and O–H groups in total. The molecule has 9 heteroatoms. The molecule has 0 radical (unpaired) electrons. The molecule has 8 nitrogen and oxygen atoms in total. The number of nitrogens with zero attached hydrogens (tertiary/aromatic N) is 4.